The van der Waals surface area contributed by atoms with Crippen LogP contribution in [0.15, 0.2) is 58.9 Å². The minimum atomic E-state index is -0.882. The van der Waals surface area contributed by atoms with Gasteiger partial charge in [-0.2, -0.15) is 5.26 Å². The number of rotatable bonds is 3. The Labute approximate surface area is 196 Å². The Morgan fingerprint density at radius 2 is 1.84 bits per heavy atom. The molecule has 0 saturated heterocycles. The van der Waals surface area contributed by atoms with Crippen LogP contribution >= 0.6 is 34.5 Å². The van der Waals surface area contributed by atoms with Gasteiger partial charge in [-0.05, 0) is 29.3 Å². The maximum Gasteiger partial charge on any atom is 0.337 e. The predicted molar refractivity (Wildman–Crippen MR) is 125 cm³/mol. The van der Waals surface area contributed by atoms with Gasteiger partial charge in [0.15, 0.2) is 0 Å². The number of allylic oxidation sites excluding steroid dienone is 1. The minimum absolute atomic E-state index is 0.0372. The Morgan fingerprint density at radius 1 is 1.19 bits per heavy atom. The van der Waals surface area contributed by atoms with Crippen LogP contribution in [0, 0.1) is 11.3 Å². The number of hydrogen-bond acceptors (Lipinski definition) is 6. The molecule has 1 aliphatic heterocycles. The number of aromatic nitrogens is 1. The summed E-state index contributed by atoms with van der Waals surface area (Å²) < 4.78 is 6.77. The van der Waals surface area contributed by atoms with Crippen LogP contribution in [0.1, 0.15) is 17.0 Å². The Hall–Kier alpha value is -3.31. The molecule has 1 atom stereocenters. The zero-order valence-electron chi connectivity index (χ0n) is 16.6. The van der Waals surface area contributed by atoms with Crippen molar-refractivity contribution in [3.8, 4) is 6.07 Å². The van der Waals surface area contributed by atoms with E-state index in [0.717, 1.165) is 11.3 Å². The Morgan fingerprint density at radius 3 is 2.47 bits per heavy atom. The van der Waals surface area contributed by atoms with Gasteiger partial charge in [0.2, 0.25) is 0 Å². The highest BCUT2D eigenvalue weighted by Gasteiger charge is 2.37. The molecule has 0 fully saturated rings. The van der Waals surface area contributed by atoms with E-state index in [1.165, 1.54) is 11.7 Å². The van der Waals surface area contributed by atoms with Gasteiger partial charge in [0, 0.05) is 10.0 Å². The minimum Gasteiger partial charge on any atom is -0.466 e. The number of nitriles is 1. The molecule has 2 aromatic carbocycles. The van der Waals surface area contributed by atoms with Crippen LogP contribution in [-0.2, 0) is 9.53 Å². The van der Waals surface area contributed by atoms with Gasteiger partial charge < -0.3 is 10.5 Å². The van der Waals surface area contributed by atoms with Crippen LogP contribution in [0.4, 0.5) is 0 Å². The van der Waals surface area contributed by atoms with Gasteiger partial charge in [-0.25, -0.2) is 4.79 Å². The largest absolute Gasteiger partial charge is 0.466 e. The zero-order valence-corrected chi connectivity index (χ0v) is 19.0. The number of nitrogens with zero attached hydrogens (tertiary/aromatic N) is 2. The number of halogens is 2. The third-order valence-electron chi connectivity index (χ3n) is 5.08. The molecule has 1 aromatic heterocycles. The molecule has 0 radical (unpaired) electrons. The Bertz CT molecular complexity index is 1510. The molecule has 2 heterocycles. The van der Waals surface area contributed by atoms with Gasteiger partial charge in [-0.15, -0.1) is 11.3 Å². The van der Waals surface area contributed by atoms with Crippen molar-refractivity contribution in [1.29, 1.82) is 5.26 Å². The summed E-state index contributed by atoms with van der Waals surface area (Å²) in [6.45, 7) is 0. The summed E-state index contributed by atoms with van der Waals surface area (Å²) in [5.74, 6) is -1.62. The van der Waals surface area contributed by atoms with Gasteiger partial charge in [-0.3, -0.25) is 9.36 Å². The molecular formula is C23H15Cl2N3O3S. The second-order valence-electron chi connectivity index (χ2n) is 6.85. The van der Waals surface area contributed by atoms with Gasteiger partial charge in [0.25, 0.3) is 5.56 Å². The van der Waals surface area contributed by atoms with E-state index in [0.29, 0.717) is 25.7 Å². The van der Waals surface area contributed by atoms with E-state index in [2.05, 4.69) is 6.07 Å². The summed E-state index contributed by atoms with van der Waals surface area (Å²) >= 11 is 13.7. The summed E-state index contributed by atoms with van der Waals surface area (Å²) in [6.07, 6.45) is 1.62. The van der Waals surface area contributed by atoms with E-state index in [9.17, 15) is 14.9 Å². The number of ether oxygens (including phenoxy) is 1. The average Bonchev–Trinajstić information content (AvgIpc) is 3.11. The number of benzene rings is 2. The molecule has 32 heavy (non-hydrogen) atoms. The third-order valence-corrected chi connectivity index (χ3v) is 6.88. The van der Waals surface area contributed by atoms with Gasteiger partial charge >= 0.3 is 5.97 Å². The summed E-state index contributed by atoms with van der Waals surface area (Å²) in [7, 11) is 1.24. The number of thiazole rings is 1. The molecule has 2 N–H and O–H groups in total. The first-order chi connectivity index (χ1) is 15.4. The summed E-state index contributed by atoms with van der Waals surface area (Å²) in [6, 6.07) is 16.0. The quantitative estimate of drug-likeness (QED) is 0.577. The zero-order chi connectivity index (χ0) is 23.0. The number of carbonyl (C=O) groups excluding carboxylic acids is 1. The van der Waals surface area contributed by atoms with E-state index < -0.39 is 17.4 Å². The van der Waals surface area contributed by atoms with Crippen LogP contribution < -0.4 is 20.5 Å². The van der Waals surface area contributed by atoms with Crippen LogP contribution in [0.25, 0.3) is 17.5 Å². The fourth-order valence-electron chi connectivity index (χ4n) is 3.61. The highest BCUT2D eigenvalue weighted by atomic mass is 35.5. The molecule has 160 valence electrons. The van der Waals surface area contributed by atoms with Crippen molar-refractivity contribution in [3.05, 3.63) is 94.8 Å². The second kappa shape index (κ2) is 8.67. The lowest BCUT2D eigenvalue weighted by molar-refractivity contribution is -0.134. The molecule has 6 nitrogen and oxygen atoms in total. The predicted octanol–water partition coefficient (Wildman–Crippen LogP) is 2.82. The number of carbonyl (C=O) groups is 1. The molecule has 0 unspecified atom stereocenters. The second-order valence-corrected chi connectivity index (χ2v) is 8.69. The average molecular weight is 484 g/mol. The lowest BCUT2D eigenvalue weighted by Crippen LogP contribution is -2.40. The molecule has 9 heteroatoms. The summed E-state index contributed by atoms with van der Waals surface area (Å²) in [4.78, 5) is 26.2. The van der Waals surface area contributed by atoms with E-state index in [1.54, 1.807) is 54.6 Å². The molecule has 0 amide bonds. The van der Waals surface area contributed by atoms with Crippen LogP contribution in [0.5, 0.6) is 0 Å². The monoisotopic (exact) mass is 483 g/mol. The molecule has 0 spiro atoms. The highest BCUT2D eigenvalue weighted by molar-refractivity contribution is 7.07. The van der Waals surface area contributed by atoms with Crippen LogP contribution in [-0.4, -0.2) is 17.6 Å². The van der Waals surface area contributed by atoms with Crippen molar-refractivity contribution >= 4 is 58.0 Å². The lowest BCUT2D eigenvalue weighted by Gasteiger charge is -2.25. The van der Waals surface area contributed by atoms with Crippen molar-refractivity contribution < 1.29 is 9.53 Å². The first-order valence-corrected chi connectivity index (χ1v) is 10.9. The maximum atomic E-state index is 13.3. The molecule has 0 saturated carbocycles. The standard InChI is InChI=1S/C23H15Cl2N3O3S/c1-31-23(30)19-18(13-7-3-5-9-16(13)25)14(11-26)20(27)28-21(29)17(32-22(19)28)10-12-6-2-4-8-15(12)24/h2-10,18H,27H2,1H3/b17-10+/t18-/m0/s1. The van der Waals surface area contributed by atoms with E-state index >= 15 is 0 Å². The molecule has 0 aliphatic carbocycles. The molecule has 0 bridgehead atoms. The topological polar surface area (TPSA) is 98.1 Å². The van der Waals surface area contributed by atoms with E-state index in [-0.39, 0.29) is 21.6 Å². The van der Waals surface area contributed by atoms with Crippen molar-refractivity contribution in [2.45, 2.75) is 5.92 Å². The SMILES string of the molecule is COC(=O)C1=c2s/c(=C/c3ccccc3Cl)c(=O)n2C(N)=C(C#N)[C@@H]1c1ccccc1Cl. The lowest BCUT2D eigenvalue weighted by atomic mass is 9.84. The van der Waals surface area contributed by atoms with Crippen molar-refractivity contribution in [2.24, 2.45) is 5.73 Å². The summed E-state index contributed by atoms with van der Waals surface area (Å²) in [5.41, 5.74) is 7.14. The molecule has 4 rings (SSSR count). The smallest absolute Gasteiger partial charge is 0.337 e. The molecule has 1 aliphatic rings. The van der Waals surface area contributed by atoms with Gasteiger partial charge in [0.1, 0.15) is 10.5 Å². The number of methoxy groups -OCH3 is 1. The molecular weight excluding hydrogens is 469 g/mol. The summed E-state index contributed by atoms with van der Waals surface area (Å²) in [5, 5.41) is 10.7. The number of fused-ring (bicyclic) bond motifs is 1. The fourth-order valence-corrected chi connectivity index (χ4v) is 5.20. The highest BCUT2D eigenvalue weighted by Crippen LogP contribution is 2.39. The van der Waals surface area contributed by atoms with Crippen LogP contribution in [0.3, 0.4) is 0 Å². The van der Waals surface area contributed by atoms with Crippen molar-refractivity contribution in [3.63, 3.8) is 0 Å². The van der Waals surface area contributed by atoms with Gasteiger partial charge in [-0.1, -0.05) is 59.6 Å². The maximum absolute atomic E-state index is 13.3. The van der Waals surface area contributed by atoms with E-state index in [4.69, 9.17) is 33.7 Å². The number of nitrogens with two attached hydrogens (primary N) is 1. The van der Waals surface area contributed by atoms with E-state index in [1.807, 2.05) is 0 Å². The van der Waals surface area contributed by atoms with Crippen molar-refractivity contribution in [2.75, 3.05) is 7.11 Å². The first kappa shape index (κ1) is 21.9. The normalized spacial score (nSPS) is 16.0. The number of esters is 1. The number of hydrogen-bond donors (Lipinski definition) is 1. The van der Waals surface area contributed by atoms with Crippen LogP contribution in [0.2, 0.25) is 10.0 Å². The fraction of sp³-hybridized carbons (Fsp3) is 0.0870. The first-order valence-electron chi connectivity index (χ1n) is 9.34. The molecule has 3 aromatic rings. The third kappa shape index (κ3) is 3.53. The van der Waals surface area contributed by atoms with Gasteiger partial charge in [0.05, 0.1) is 34.8 Å². The Balaban J connectivity index is 2.15. The Kier molecular flexibility index (Phi) is 5.94. The van der Waals surface area contributed by atoms with Crippen molar-refractivity contribution in [1.82, 2.24) is 4.57 Å².